The predicted octanol–water partition coefficient (Wildman–Crippen LogP) is -5.11. The van der Waals surface area contributed by atoms with E-state index in [2.05, 4.69) is 0 Å². The molecule has 0 spiro atoms. The zero-order valence-corrected chi connectivity index (χ0v) is 16.2. The van der Waals surface area contributed by atoms with Crippen molar-refractivity contribution in [1.82, 2.24) is 0 Å². The Bertz CT molecular complexity index is 311. The fourth-order valence-electron chi connectivity index (χ4n) is 0. The van der Waals surface area contributed by atoms with Gasteiger partial charge in [-0.15, -0.1) is 0 Å². The Morgan fingerprint density at radius 2 is 0.462 bits per heavy atom. The highest BCUT2D eigenvalue weighted by Crippen LogP contribution is 1.61. The first-order chi connectivity index (χ1) is 11.7. The van der Waals surface area contributed by atoms with Crippen LogP contribution in [0.15, 0.2) is 0 Å². The van der Waals surface area contributed by atoms with Gasteiger partial charge in [-0.3, -0.25) is 9.11 Å². The molecule has 168 valence electrons. The van der Waals surface area contributed by atoms with Crippen LogP contribution >= 0.6 is 0 Å². The lowest BCUT2D eigenvalue weighted by Gasteiger charge is -1.70. The predicted molar refractivity (Wildman–Crippen MR) is 91.6 cm³/mol. The Labute approximate surface area is 153 Å². The molecule has 14 nitrogen and oxygen atoms in total. The smallest absolute Gasteiger partial charge is 0.261 e. The second-order valence-electron chi connectivity index (χ2n) is 3.25. The lowest BCUT2D eigenvalue weighted by Crippen LogP contribution is -1.88. The number of rotatable bonds is 4. The van der Waals surface area contributed by atoms with Crippen molar-refractivity contribution in [3.05, 3.63) is 0 Å². The molecule has 0 saturated heterocycles. The van der Waals surface area contributed by atoms with Gasteiger partial charge in [-0.25, -0.2) is 0 Å². The van der Waals surface area contributed by atoms with Gasteiger partial charge in [-0.1, -0.05) is 0 Å². The number of hydrogen-bond donors (Lipinski definition) is 10. The standard InChI is InChI=1S/4C2H6O2.2CH4O3S/c4*3-1-2-4;2*1-5(2,3)4/h4*3-4H,1-2H2;2*1H3,(H,2,3,4). The highest BCUT2D eigenvalue weighted by Gasteiger charge is 1.82. The normalized spacial score (nSPS) is 9.08. The van der Waals surface area contributed by atoms with Crippen molar-refractivity contribution >= 4 is 20.2 Å². The van der Waals surface area contributed by atoms with Crippen LogP contribution in [0.5, 0.6) is 0 Å². The molecule has 16 heteroatoms. The van der Waals surface area contributed by atoms with Crippen LogP contribution in [0.2, 0.25) is 0 Å². The molecule has 0 heterocycles. The molecule has 0 aliphatic rings. The molecule has 0 aromatic rings. The van der Waals surface area contributed by atoms with Crippen molar-refractivity contribution in [3.63, 3.8) is 0 Å². The summed E-state index contributed by atoms with van der Waals surface area (Å²) in [5, 5.41) is 61.0. The molecule has 0 radical (unpaired) electrons. The van der Waals surface area contributed by atoms with Crippen LogP contribution < -0.4 is 0 Å². The summed E-state index contributed by atoms with van der Waals surface area (Å²) in [4.78, 5) is 0. The Balaban J connectivity index is -0.0000000463. The molecule has 0 fully saturated rings. The third-order valence-electron chi connectivity index (χ3n) is 0.400. The van der Waals surface area contributed by atoms with Gasteiger partial charge in [0.1, 0.15) is 0 Å². The lowest BCUT2D eigenvalue weighted by atomic mass is 10.8. The molecule has 0 aromatic heterocycles. The molecule has 26 heavy (non-hydrogen) atoms. The van der Waals surface area contributed by atoms with E-state index in [0.717, 1.165) is 0 Å². The molecule has 0 aliphatic heterocycles. The first-order valence-corrected chi connectivity index (χ1v) is 10.1. The summed E-state index contributed by atoms with van der Waals surface area (Å²) in [6.07, 6.45) is 1.43. The van der Waals surface area contributed by atoms with E-state index in [-0.39, 0.29) is 52.9 Å². The minimum atomic E-state index is -3.67. The van der Waals surface area contributed by atoms with Crippen molar-refractivity contribution in [3.8, 4) is 0 Å². The third kappa shape index (κ3) is 971. The Morgan fingerprint density at radius 1 is 0.423 bits per heavy atom. The number of aliphatic hydroxyl groups is 8. The van der Waals surface area contributed by atoms with Gasteiger partial charge in [0.05, 0.1) is 65.4 Å². The minimum Gasteiger partial charge on any atom is -0.394 e. The summed E-state index contributed by atoms with van der Waals surface area (Å²) in [6.45, 7) is -1.00. The largest absolute Gasteiger partial charge is 0.394 e. The molecule has 0 aliphatic carbocycles. The van der Waals surface area contributed by atoms with Crippen molar-refractivity contribution in [2.24, 2.45) is 0 Å². The average molecular weight is 440 g/mol. The Morgan fingerprint density at radius 3 is 0.462 bits per heavy atom. The van der Waals surface area contributed by atoms with Gasteiger partial charge in [0.25, 0.3) is 20.2 Å². The second kappa shape index (κ2) is 35.6. The molecule has 0 bridgehead atoms. The molecule has 0 rings (SSSR count). The monoisotopic (exact) mass is 440 g/mol. The first kappa shape index (κ1) is 40.3. The van der Waals surface area contributed by atoms with Crippen LogP contribution in [0.25, 0.3) is 0 Å². The highest BCUT2D eigenvalue weighted by molar-refractivity contribution is 7.85. The lowest BCUT2D eigenvalue weighted by molar-refractivity contribution is 0.186. The molecule has 0 atom stereocenters. The van der Waals surface area contributed by atoms with Crippen LogP contribution in [0.4, 0.5) is 0 Å². The highest BCUT2D eigenvalue weighted by atomic mass is 32.2. The van der Waals surface area contributed by atoms with Gasteiger partial charge in [-0.2, -0.15) is 16.8 Å². The molecule has 0 unspecified atom stereocenters. The van der Waals surface area contributed by atoms with E-state index < -0.39 is 20.2 Å². The fraction of sp³-hybridized carbons (Fsp3) is 1.00. The van der Waals surface area contributed by atoms with Gasteiger partial charge in [0.2, 0.25) is 0 Å². The zero-order chi connectivity index (χ0) is 22.7. The SMILES string of the molecule is CS(=O)(=O)O.CS(=O)(=O)O.OCCO.OCCO.OCCO.OCCO. The molecule has 0 amide bonds. The van der Waals surface area contributed by atoms with Crippen molar-refractivity contribution in [2.75, 3.05) is 65.4 Å². The van der Waals surface area contributed by atoms with E-state index in [1.54, 1.807) is 0 Å². The van der Waals surface area contributed by atoms with Crippen molar-refractivity contribution in [2.45, 2.75) is 0 Å². The van der Waals surface area contributed by atoms with E-state index in [4.69, 9.17) is 50.0 Å². The van der Waals surface area contributed by atoms with Gasteiger partial charge in [0.15, 0.2) is 0 Å². The number of hydrogen-bond acceptors (Lipinski definition) is 12. The second-order valence-corrected chi connectivity index (χ2v) is 6.19. The number of aliphatic hydroxyl groups excluding tert-OH is 8. The van der Waals surface area contributed by atoms with Crippen LogP contribution in [0.1, 0.15) is 0 Å². The fourth-order valence-corrected chi connectivity index (χ4v) is 0. The molecule has 0 saturated carbocycles. The quantitative estimate of drug-likeness (QED) is 0.183. The van der Waals surface area contributed by atoms with Crippen molar-refractivity contribution in [1.29, 1.82) is 0 Å². The third-order valence-corrected chi connectivity index (χ3v) is 0.400. The van der Waals surface area contributed by atoms with Gasteiger partial charge in [0, 0.05) is 0 Å². The molecule has 10 N–H and O–H groups in total. The summed E-state index contributed by atoms with van der Waals surface area (Å²) in [6, 6.07) is 0. The van der Waals surface area contributed by atoms with E-state index in [1.165, 1.54) is 0 Å². The van der Waals surface area contributed by atoms with Crippen LogP contribution in [-0.4, -0.2) is 132 Å². The van der Waals surface area contributed by atoms with E-state index in [1.807, 2.05) is 0 Å². The molecular formula is C10H32O14S2. The van der Waals surface area contributed by atoms with Gasteiger partial charge in [-0.05, 0) is 0 Å². The summed E-state index contributed by atoms with van der Waals surface area (Å²) in [5.74, 6) is 0. The summed E-state index contributed by atoms with van der Waals surface area (Å²) in [5.41, 5.74) is 0. The first-order valence-electron chi connectivity index (χ1n) is 6.38. The minimum absolute atomic E-state index is 0.125. The Hall–Kier alpha value is -0.500. The summed E-state index contributed by atoms with van der Waals surface area (Å²) >= 11 is 0. The van der Waals surface area contributed by atoms with Gasteiger partial charge < -0.3 is 40.9 Å². The van der Waals surface area contributed by atoms with Crippen LogP contribution in [0, 0.1) is 0 Å². The maximum absolute atomic E-state index is 9.19. The van der Waals surface area contributed by atoms with E-state index in [0.29, 0.717) is 12.5 Å². The summed E-state index contributed by atoms with van der Waals surface area (Å²) in [7, 11) is -7.33. The summed E-state index contributed by atoms with van der Waals surface area (Å²) < 4.78 is 51.7. The van der Waals surface area contributed by atoms with Crippen LogP contribution in [-0.2, 0) is 20.2 Å². The van der Waals surface area contributed by atoms with E-state index in [9.17, 15) is 16.8 Å². The maximum atomic E-state index is 9.19. The van der Waals surface area contributed by atoms with E-state index >= 15 is 0 Å². The maximum Gasteiger partial charge on any atom is 0.261 e. The van der Waals surface area contributed by atoms with Crippen molar-refractivity contribution < 1.29 is 66.8 Å². The van der Waals surface area contributed by atoms with Gasteiger partial charge >= 0.3 is 0 Å². The molecule has 0 aromatic carbocycles. The van der Waals surface area contributed by atoms with Crippen LogP contribution in [0.3, 0.4) is 0 Å². The molecular weight excluding hydrogens is 408 g/mol. The topological polar surface area (TPSA) is 271 Å². The Kier molecular flexibility index (Phi) is 55.1. The zero-order valence-electron chi connectivity index (χ0n) is 14.6. The average Bonchev–Trinajstić information content (AvgIpc) is 2.52.